The molecule has 206 valence electrons. The number of benzene rings is 2. The van der Waals surface area contributed by atoms with Gasteiger partial charge in [0.05, 0.1) is 0 Å². The third-order valence-corrected chi connectivity index (χ3v) is 6.46. The van der Waals surface area contributed by atoms with Gasteiger partial charge in [-0.1, -0.05) is 11.6 Å². The SMILES string of the molecule is CC(=O)NCCNc1cc(N2CCN(C(=O)c3c(F)c(F)c(C)c(F)c3F)CC2)nc(-c2ccc(Cl)cc2)n1. The predicted molar refractivity (Wildman–Crippen MR) is 139 cm³/mol. The lowest BCUT2D eigenvalue weighted by Gasteiger charge is -2.35. The molecule has 2 amide bonds. The van der Waals surface area contributed by atoms with Crippen LogP contribution in [0.15, 0.2) is 30.3 Å². The van der Waals surface area contributed by atoms with Crippen LogP contribution in [-0.2, 0) is 4.79 Å². The van der Waals surface area contributed by atoms with Gasteiger partial charge in [-0.15, -0.1) is 0 Å². The topological polar surface area (TPSA) is 90.5 Å². The van der Waals surface area contributed by atoms with E-state index in [1.807, 2.05) is 4.90 Å². The number of hydrogen-bond acceptors (Lipinski definition) is 6. The highest BCUT2D eigenvalue weighted by molar-refractivity contribution is 6.30. The van der Waals surface area contributed by atoms with Gasteiger partial charge >= 0.3 is 0 Å². The van der Waals surface area contributed by atoms with Gasteiger partial charge in [0, 0.05) is 68.4 Å². The molecule has 4 rings (SSSR count). The molecule has 0 atom stereocenters. The Labute approximate surface area is 227 Å². The number of hydrogen-bond donors (Lipinski definition) is 2. The molecule has 0 bridgehead atoms. The summed E-state index contributed by atoms with van der Waals surface area (Å²) in [6, 6.07) is 8.64. The lowest BCUT2D eigenvalue weighted by Crippen LogP contribution is -2.49. The fourth-order valence-electron chi connectivity index (χ4n) is 4.07. The number of piperazine rings is 1. The van der Waals surface area contributed by atoms with Crippen molar-refractivity contribution in [3.63, 3.8) is 0 Å². The molecule has 39 heavy (non-hydrogen) atoms. The molecular formula is C26H25ClF4N6O2. The second-order valence-corrected chi connectivity index (χ2v) is 9.32. The second kappa shape index (κ2) is 11.9. The zero-order chi connectivity index (χ0) is 28.3. The van der Waals surface area contributed by atoms with E-state index in [0.717, 1.165) is 11.8 Å². The van der Waals surface area contributed by atoms with Crippen LogP contribution in [0.1, 0.15) is 22.8 Å². The number of nitrogens with zero attached hydrogens (tertiary/aromatic N) is 4. The quantitative estimate of drug-likeness (QED) is 0.254. The van der Waals surface area contributed by atoms with Crippen LogP contribution in [0.25, 0.3) is 11.4 Å². The number of halogens is 5. The molecule has 1 aromatic heterocycles. The summed E-state index contributed by atoms with van der Waals surface area (Å²) in [6.45, 7) is 3.61. The summed E-state index contributed by atoms with van der Waals surface area (Å²) >= 11 is 6.00. The molecule has 0 radical (unpaired) electrons. The van der Waals surface area contributed by atoms with E-state index in [1.165, 1.54) is 6.92 Å². The molecule has 2 aromatic carbocycles. The molecule has 2 N–H and O–H groups in total. The number of anilines is 2. The predicted octanol–water partition coefficient (Wildman–Crippen LogP) is 4.17. The zero-order valence-corrected chi connectivity index (χ0v) is 21.9. The van der Waals surface area contributed by atoms with Crippen LogP contribution >= 0.6 is 11.6 Å². The van der Waals surface area contributed by atoms with E-state index < -0.39 is 40.3 Å². The monoisotopic (exact) mass is 564 g/mol. The lowest BCUT2D eigenvalue weighted by molar-refractivity contribution is -0.118. The van der Waals surface area contributed by atoms with E-state index in [4.69, 9.17) is 11.6 Å². The van der Waals surface area contributed by atoms with E-state index in [1.54, 1.807) is 30.3 Å². The molecule has 2 heterocycles. The fourth-order valence-corrected chi connectivity index (χ4v) is 4.20. The van der Waals surface area contributed by atoms with Crippen LogP contribution in [0.5, 0.6) is 0 Å². The summed E-state index contributed by atoms with van der Waals surface area (Å²) in [7, 11) is 0. The Balaban J connectivity index is 1.54. The van der Waals surface area contributed by atoms with Crippen LogP contribution in [-0.4, -0.2) is 66.0 Å². The van der Waals surface area contributed by atoms with Crippen LogP contribution < -0.4 is 15.5 Å². The highest BCUT2D eigenvalue weighted by Gasteiger charge is 2.32. The highest BCUT2D eigenvalue weighted by atomic mass is 35.5. The molecule has 0 saturated carbocycles. The summed E-state index contributed by atoms with van der Waals surface area (Å²) in [5, 5.41) is 6.37. The Kier molecular flexibility index (Phi) is 8.54. The van der Waals surface area contributed by atoms with Gasteiger partial charge in [-0.2, -0.15) is 0 Å². The molecular weight excluding hydrogens is 540 g/mol. The largest absolute Gasteiger partial charge is 0.368 e. The van der Waals surface area contributed by atoms with E-state index in [2.05, 4.69) is 20.6 Å². The number of nitrogens with one attached hydrogen (secondary N) is 2. The standard InChI is InChI=1S/C26H25ClF4N6O2/c1-14-21(28)23(30)20(24(31)22(14)29)26(39)37-11-9-36(10-12-37)19-13-18(33-8-7-32-15(2)38)34-25(35-19)16-3-5-17(27)6-4-16/h3-6,13H,7-12H2,1-2H3,(H,32,38)(H,33,34,35). The van der Waals surface area contributed by atoms with Crippen molar-refractivity contribution in [1.82, 2.24) is 20.2 Å². The smallest absolute Gasteiger partial charge is 0.260 e. The summed E-state index contributed by atoms with van der Waals surface area (Å²) < 4.78 is 56.8. The van der Waals surface area contributed by atoms with Crippen molar-refractivity contribution in [2.75, 3.05) is 49.5 Å². The van der Waals surface area contributed by atoms with Gasteiger partial charge in [0.1, 0.15) is 17.2 Å². The number of carbonyl (C=O) groups excluding carboxylic acids is 2. The maximum Gasteiger partial charge on any atom is 0.260 e. The zero-order valence-electron chi connectivity index (χ0n) is 21.1. The Morgan fingerprint density at radius 3 is 2.13 bits per heavy atom. The molecule has 8 nitrogen and oxygen atoms in total. The first kappa shape index (κ1) is 28.1. The van der Waals surface area contributed by atoms with E-state index in [0.29, 0.717) is 41.1 Å². The molecule has 1 aliphatic heterocycles. The highest BCUT2D eigenvalue weighted by Crippen LogP contribution is 2.27. The molecule has 1 fully saturated rings. The summed E-state index contributed by atoms with van der Waals surface area (Å²) in [5.41, 5.74) is -1.37. The van der Waals surface area contributed by atoms with Gasteiger partial charge < -0.3 is 20.4 Å². The minimum absolute atomic E-state index is 0.0282. The van der Waals surface area contributed by atoms with E-state index in [9.17, 15) is 27.2 Å². The maximum absolute atomic E-state index is 14.4. The maximum atomic E-state index is 14.4. The molecule has 1 aliphatic rings. The van der Waals surface area contributed by atoms with Gasteiger partial charge in [0.25, 0.3) is 5.91 Å². The first-order chi connectivity index (χ1) is 18.6. The molecule has 0 spiro atoms. The van der Waals surface area contributed by atoms with Crippen molar-refractivity contribution in [1.29, 1.82) is 0 Å². The van der Waals surface area contributed by atoms with Gasteiger partial charge in [0.15, 0.2) is 29.1 Å². The van der Waals surface area contributed by atoms with Crippen LogP contribution in [0, 0.1) is 30.2 Å². The number of carbonyl (C=O) groups is 2. The Bertz CT molecular complexity index is 1370. The molecule has 0 aliphatic carbocycles. The van der Waals surface area contributed by atoms with Gasteiger partial charge in [-0.25, -0.2) is 27.5 Å². The lowest BCUT2D eigenvalue weighted by atomic mass is 10.1. The Morgan fingerprint density at radius 1 is 0.923 bits per heavy atom. The van der Waals surface area contributed by atoms with Crippen LogP contribution in [0.4, 0.5) is 29.2 Å². The second-order valence-electron chi connectivity index (χ2n) is 8.89. The molecule has 1 saturated heterocycles. The van der Waals surface area contributed by atoms with Crippen molar-refractivity contribution in [3.05, 3.63) is 69.8 Å². The third-order valence-electron chi connectivity index (χ3n) is 6.21. The molecule has 13 heteroatoms. The number of rotatable bonds is 7. The van der Waals surface area contributed by atoms with Gasteiger partial charge in [0.2, 0.25) is 5.91 Å². The van der Waals surface area contributed by atoms with Crippen molar-refractivity contribution >= 4 is 35.1 Å². The Hall–Kier alpha value is -3.93. The Morgan fingerprint density at radius 2 is 1.54 bits per heavy atom. The summed E-state index contributed by atoms with van der Waals surface area (Å²) in [4.78, 5) is 36.2. The van der Waals surface area contributed by atoms with Crippen molar-refractivity contribution < 1.29 is 27.2 Å². The van der Waals surface area contributed by atoms with Crippen molar-refractivity contribution in [3.8, 4) is 11.4 Å². The first-order valence-electron chi connectivity index (χ1n) is 12.1. The minimum Gasteiger partial charge on any atom is -0.368 e. The van der Waals surface area contributed by atoms with Gasteiger partial charge in [-0.05, 0) is 31.2 Å². The molecule has 3 aromatic rings. The van der Waals surface area contributed by atoms with Crippen LogP contribution in [0.3, 0.4) is 0 Å². The average Bonchev–Trinajstić information content (AvgIpc) is 2.93. The number of amides is 2. The van der Waals surface area contributed by atoms with Crippen molar-refractivity contribution in [2.45, 2.75) is 13.8 Å². The van der Waals surface area contributed by atoms with Crippen molar-refractivity contribution in [2.24, 2.45) is 0 Å². The van der Waals surface area contributed by atoms with E-state index >= 15 is 0 Å². The fraction of sp³-hybridized carbons (Fsp3) is 0.308. The minimum atomic E-state index is -1.71. The average molecular weight is 565 g/mol. The summed E-state index contributed by atoms with van der Waals surface area (Å²) in [6.07, 6.45) is 0. The molecule has 0 unspecified atom stereocenters. The van der Waals surface area contributed by atoms with Crippen LogP contribution in [0.2, 0.25) is 5.02 Å². The third kappa shape index (κ3) is 6.22. The van der Waals surface area contributed by atoms with Gasteiger partial charge in [-0.3, -0.25) is 9.59 Å². The summed E-state index contributed by atoms with van der Waals surface area (Å²) in [5.74, 6) is -6.49. The first-order valence-corrected chi connectivity index (χ1v) is 12.4. The normalized spacial score (nSPS) is 13.4. The van der Waals surface area contributed by atoms with E-state index in [-0.39, 0.29) is 32.1 Å². The number of aromatic nitrogens is 2.